The van der Waals surface area contributed by atoms with Crippen LogP contribution in [0.15, 0.2) is 54.6 Å². The Hall–Kier alpha value is -3.68. The Morgan fingerprint density at radius 3 is 2.47 bits per heavy atom. The van der Waals surface area contributed by atoms with E-state index in [1.165, 1.54) is 0 Å². The van der Waals surface area contributed by atoms with E-state index in [0.29, 0.717) is 18.8 Å². The first-order valence-corrected chi connectivity index (χ1v) is 13.5. The fourth-order valence-electron chi connectivity index (χ4n) is 4.90. The molecule has 0 spiro atoms. The normalized spacial score (nSPS) is 17.3. The summed E-state index contributed by atoms with van der Waals surface area (Å²) in [6.07, 6.45) is 2.66. The molecule has 2 aromatic carbocycles. The molecule has 38 heavy (non-hydrogen) atoms. The van der Waals surface area contributed by atoms with Gasteiger partial charge in [-0.25, -0.2) is 4.98 Å². The number of nitrogens with one attached hydrogen (secondary N) is 3. The Balaban J connectivity index is 1.47. The van der Waals surface area contributed by atoms with Crippen molar-refractivity contribution in [1.82, 2.24) is 25.5 Å². The molecule has 1 aliphatic heterocycles. The van der Waals surface area contributed by atoms with E-state index in [2.05, 4.69) is 41.4 Å². The molecule has 8 heteroatoms. The zero-order valence-electron chi connectivity index (χ0n) is 22.8. The number of amides is 3. The van der Waals surface area contributed by atoms with E-state index in [0.717, 1.165) is 29.4 Å². The molecule has 0 aliphatic carbocycles. The van der Waals surface area contributed by atoms with Gasteiger partial charge in [0.15, 0.2) is 0 Å². The monoisotopic (exact) mass is 517 g/mol. The molecule has 0 unspecified atom stereocenters. The van der Waals surface area contributed by atoms with Crippen molar-refractivity contribution < 1.29 is 14.4 Å². The van der Waals surface area contributed by atoms with Crippen LogP contribution in [-0.2, 0) is 14.4 Å². The van der Waals surface area contributed by atoms with E-state index in [1.54, 1.807) is 0 Å². The molecular formula is C30H39N5O3. The first-order valence-electron chi connectivity index (χ1n) is 13.5. The quantitative estimate of drug-likeness (QED) is 0.379. The summed E-state index contributed by atoms with van der Waals surface area (Å²) in [5.41, 5.74) is 2.77. The lowest BCUT2D eigenvalue weighted by Gasteiger charge is -2.28. The molecule has 0 bridgehead atoms. The van der Waals surface area contributed by atoms with Crippen LogP contribution in [-0.4, -0.2) is 45.2 Å². The summed E-state index contributed by atoms with van der Waals surface area (Å²) in [4.78, 5) is 49.4. The van der Waals surface area contributed by atoms with Crippen molar-refractivity contribution in [2.75, 3.05) is 6.54 Å². The van der Waals surface area contributed by atoms with Crippen molar-refractivity contribution in [3.63, 3.8) is 0 Å². The van der Waals surface area contributed by atoms with Crippen LogP contribution in [0.5, 0.6) is 0 Å². The minimum Gasteiger partial charge on any atom is -0.345 e. The molecule has 2 heterocycles. The van der Waals surface area contributed by atoms with Gasteiger partial charge in [-0.2, -0.15) is 0 Å². The molecular weight excluding hydrogens is 478 g/mol. The highest BCUT2D eigenvalue weighted by Crippen LogP contribution is 2.32. The van der Waals surface area contributed by atoms with Gasteiger partial charge >= 0.3 is 0 Å². The fraction of sp³-hybridized carbons (Fsp3) is 0.467. The van der Waals surface area contributed by atoms with Crippen LogP contribution in [0.4, 0.5) is 0 Å². The molecule has 4 rings (SSSR count). The molecule has 8 nitrogen and oxygen atoms in total. The molecule has 1 aromatic heterocycles. The van der Waals surface area contributed by atoms with Crippen LogP contribution >= 0.6 is 0 Å². The van der Waals surface area contributed by atoms with Gasteiger partial charge in [-0.3, -0.25) is 14.4 Å². The SMILES string of the molecule is C[C@H](NC(=O)[C@H](CC(=O)N1CCC[C@@H]1c1ccccc1)NC(=O)CCC(C)(C)C)c1nc2ccccc2[nH]1. The minimum atomic E-state index is -0.973. The second-order valence-electron chi connectivity index (χ2n) is 11.4. The summed E-state index contributed by atoms with van der Waals surface area (Å²) in [6.45, 7) is 8.68. The van der Waals surface area contributed by atoms with Gasteiger partial charge in [-0.1, -0.05) is 63.2 Å². The van der Waals surface area contributed by atoms with Crippen molar-refractivity contribution in [3.8, 4) is 0 Å². The number of likely N-dealkylation sites (tertiary alicyclic amines) is 1. The molecule has 202 valence electrons. The van der Waals surface area contributed by atoms with E-state index < -0.39 is 18.0 Å². The molecule has 1 aliphatic rings. The number of carbonyl (C=O) groups excluding carboxylic acids is 3. The molecule has 3 atom stereocenters. The van der Waals surface area contributed by atoms with Crippen molar-refractivity contribution in [2.24, 2.45) is 5.41 Å². The number of hydrogen-bond acceptors (Lipinski definition) is 4. The smallest absolute Gasteiger partial charge is 0.243 e. The summed E-state index contributed by atoms with van der Waals surface area (Å²) < 4.78 is 0. The maximum absolute atomic E-state index is 13.5. The number of carbonyl (C=O) groups is 3. The number of H-pyrrole nitrogens is 1. The van der Waals surface area contributed by atoms with Gasteiger partial charge in [0.2, 0.25) is 17.7 Å². The zero-order chi connectivity index (χ0) is 27.3. The van der Waals surface area contributed by atoms with E-state index in [-0.39, 0.29) is 36.1 Å². The summed E-state index contributed by atoms with van der Waals surface area (Å²) in [5, 5.41) is 5.81. The number of imidazole rings is 1. The first-order chi connectivity index (χ1) is 18.1. The van der Waals surface area contributed by atoms with Gasteiger partial charge in [0.25, 0.3) is 0 Å². The van der Waals surface area contributed by atoms with Crippen LogP contribution in [0.25, 0.3) is 11.0 Å². The number of aromatic amines is 1. The minimum absolute atomic E-state index is 0.0147. The first kappa shape index (κ1) is 27.4. The lowest BCUT2D eigenvalue weighted by Crippen LogP contribution is -2.50. The largest absolute Gasteiger partial charge is 0.345 e. The number of rotatable bonds is 9. The molecule has 3 amide bonds. The third kappa shape index (κ3) is 7.00. The summed E-state index contributed by atoms with van der Waals surface area (Å²) in [5.74, 6) is -0.146. The molecule has 0 saturated carbocycles. The summed E-state index contributed by atoms with van der Waals surface area (Å²) in [7, 11) is 0. The number of nitrogens with zero attached hydrogens (tertiary/aromatic N) is 2. The maximum atomic E-state index is 13.5. The third-order valence-corrected chi connectivity index (χ3v) is 7.07. The van der Waals surface area contributed by atoms with E-state index in [9.17, 15) is 14.4 Å². The standard InChI is InChI=1S/C30H39N5O3/c1-20(28-33-22-13-8-9-14-23(22)34-28)31-29(38)24(32-26(36)16-17-30(2,3)4)19-27(37)35-18-10-15-25(35)21-11-6-5-7-12-21/h5-9,11-14,20,24-25H,10,15-19H2,1-4H3,(H,31,38)(H,32,36)(H,33,34)/t20-,24-,25+/m0/s1. The van der Waals surface area contributed by atoms with Crippen LogP contribution in [0, 0.1) is 5.41 Å². The second-order valence-corrected chi connectivity index (χ2v) is 11.4. The zero-order valence-corrected chi connectivity index (χ0v) is 22.8. The number of aromatic nitrogens is 2. The van der Waals surface area contributed by atoms with Crippen molar-refractivity contribution >= 4 is 28.8 Å². The van der Waals surface area contributed by atoms with Crippen molar-refractivity contribution in [2.45, 2.75) is 77.9 Å². The van der Waals surface area contributed by atoms with E-state index >= 15 is 0 Å². The van der Waals surface area contributed by atoms with Crippen LogP contribution < -0.4 is 10.6 Å². The fourth-order valence-corrected chi connectivity index (χ4v) is 4.90. The second kappa shape index (κ2) is 11.8. The molecule has 0 radical (unpaired) electrons. The number of benzene rings is 2. The Labute approximate surface area is 224 Å². The molecule has 1 fully saturated rings. The van der Waals surface area contributed by atoms with E-state index in [4.69, 9.17) is 0 Å². The third-order valence-electron chi connectivity index (χ3n) is 7.07. The van der Waals surface area contributed by atoms with Crippen LogP contribution in [0.1, 0.15) is 83.3 Å². The van der Waals surface area contributed by atoms with Gasteiger partial charge in [-0.15, -0.1) is 0 Å². The highest BCUT2D eigenvalue weighted by atomic mass is 16.2. The van der Waals surface area contributed by atoms with Gasteiger partial charge < -0.3 is 20.5 Å². The maximum Gasteiger partial charge on any atom is 0.243 e. The van der Waals surface area contributed by atoms with Crippen molar-refractivity contribution in [1.29, 1.82) is 0 Å². The van der Waals surface area contributed by atoms with Gasteiger partial charge in [-0.05, 0) is 49.3 Å². The van der Waals surface area contributed by atoms with Gasteiger partial charge in [0.1, 0.15) is 11.9 Å². The van der Waals surface area contributed by atoms with Crippen LogP contribution in [0.3, 0.4) is 0 Å². The predicted molar refractivity (Wildman–Crippen MR) is 148 cm³/mol. The predicted octanol–water partition coefficient (Wildman–Crippen LogP) is 4.81. The number of para-hydroxylation sites is 2. The Bertz CT molecular complexity index is 1230. The highest BCUT2D eigenvalue weighted by molar-refractivity contribution is 5.92. The molecule has 3 aromatic rings. The molecule has 3 N–H and O–H groups in total. The summed E-state index contributed by atoms with van der Waals surface area (Å²) >= 11 is 0. The summed E-state index contributed by atoms with van der Waals surface area (Å²) in [6, 6.07) is 16.2. The molecule has 1 saturated heterocycles. The average molecular weight is 518 g/mol. The van der Waals surface area contributed by atoms with E-state index in [1.807, 2.05) is 66.4 Å². The number of fused-ring (bicyclic) bond motifs is 1. The number of hydrogen-bond donors (Lipinski definition) is 3. The average Bonchev–Trinajstić information content (AvgIpc) is 3.55. The topological polar surface area (TPSA) is 107 Å². The Kier molecular flexibility index (Phi) is 8.49. The highest BCUT2D eigenvalue weighted by Gasteiger charge is 2.34. The Morgan fingerprint density at radius 2 is 1.76 bits per heavy atom. The van der Waals surface area contributed by atoms with Gasteiger partial charge in [0.05, 0.1) is 29.5 Å². The lowest BCUT2D eigenvalue weighted by molar-refractivity contribution is -0.137. The van der Waals surface area contributed by atoms with Gasteiger partial charge in [0, 0.05) is 13.0 Å². The van der Waals surface area contributed by atoms with Crippen LogP contribution in [0.2, 0.25) is 0 Å². The van der Waals surface area contributed by atoms with Crippen molar-refractivity contribution in [3.05, 3.63) is 66.0 Å². The Morgan fingerprint density at radius 1 is 1.05 bits per heavy atom. The lowest BCUT2D eigenvalue weighted by atomic mass is 9.90.